The summed E-state index contributed by atoms with van der Waals surface area (Å²) in [4.78, 5) is 14.1. The zero-order valence-electron chi connectivity index (χ0n) is 12.7. The molecule has 1 unspecified atom stereocenters. The van der Waals surface area contributed by atoms with Gasteiger partial charge in [0, 0.05) is 25.4 Å². The van der Waals surface area contributed by atoms with E-state index in [-0.39, 0.29) is 5.91 Å². The fraction of sp³-hybridized carbons (Fsp3) is 0.316. The monoisotopic (exact) mass is 295 g/mol. The maximum absolute atomic E-state index is 12.1. The number of likely N-dealkylation sites (tertiary alicyclic amines) is 1. The van der Waals surface area contributed by atoms with Crippen LogP contribution in [0.3, 0.4) is 0 Å². The molecule has 3 rings (SSSR count). The Balaban J connectivity index is 1.55. The summed E-state index contributed by atoms with van der Waals surface area (Å²) in [5.74, 6) is 1.55. The summed E-state index contributed by atoms with van der Waals surface area (Å²) in [6.07, 6.45) is 1.53. The van der Waals surface area contributed by atoms with Crippen molar-refractivity contribution in [2.45, 2.75) is 19.4 Å². The van der Waals surface area contributed by atoms with Gasteiger partial charge in [0.15, 0.2) is 0 Å². The zero-order chi connectivity index (χ0) is 15.2. The number of benzene rings is 2. The second-order valence-corrected chi connectivity index (χ2v) is 5.79. The summed E-state index contributed by atoms with van der Waals surface area (Å²) in [6.45, 7) is 2.14. The molecule has 2 aromatic rings. The van der Waals surface area contributed by atoms with Gasteiger partial charge in [-0.3, -0.25) is 4.79 Å². The highest BCUT2D eigenvalue weighted by atomic mass is 16.5. The van der Waals surface area contributed by atoms with Crippen LogP contribution in [-0.4, -0.2) is 24.0 Å². The number of ether oxygens (including phenoxy) is 1. The lowest BCUT2D eigenvalue weighted by Gasteiger charge is -2.32. The van der Waals surface area contributed by atoms with Crippen molar-refractivity contribution in [3.05, 3.63) is 66.2 Å². The first-order valence-corrected chi connectivity index (χ1v) is 7.81. The number of hydrogen-bond donors (Lipinski definition) is 0. The van der Waals surface area contributed by atoms with Gasteiger partial charge in [-0.15, -0.1) is 0 Å². The molecule has 1 saturated heterocycles. The minimum Gasteiger partial charge on any atom is -0.493 e. The van der Waals surface area contributed by atoms with Crippen molar-refractivity contribution >= 4 is 5.91 Å². The Hall–Kier alpha value is -2.29. The van der Waals surface area contributed by atoms with Crippen molar-refractivity contribution in [2.24, 2.45) is 5.92 Å². The van der Waals surface area contributed by atoms with Crippen LogP contribution in [0.2, 0.25) is 0 Å². The molecule has 1 aliphatic heterocycles. The molecular formula is C19H21NO2. The standard InChI is InChI=1S/C19H21NO2/c21-19-12-11-17(15-22-18-9-5-2-6-10-18)14-20(19)13-16-7-3-1-4-8-16/h1-10,17H,11-15H2. The topological polar surface area (TPSA) is 29.5 Å². The molecule has 2 aromatic carbocycles. The maximum atomic E-state index is 12.1. The predicted molar refractivity (Wildman–Crippen MR) is 86.5 cm³/mol. The average molecular weight is 295 g/mol. The van der Waals surface area contributed by atoms with Crippen molar-refractivity contribution in [2.75, 3.05) is 13.2 Å². The molecule has 1 fully saturated rings. The number of carbonyl (C=O) groups is 1. The van der Waals surface area contributed by atoms with E-state index >= 15 is 0 Å². The number of rotatable bonds is 5. The van der Waals surface area contributed by atoms with Crippen LogP contribution in [0.4, 0.5) is 0 Å². The number of hydrogen-bond acceptors (Lipinski definition) is 2. The van der Waals surface area contributed by atoms with Gasteiger partial charge in [0.25, 0.3) is 0 Å². The second kappa shape index (κ2) is 7.12. The van der Waals surface area contributed by atoms with Crippen LogP contribution in [0.25, 0.3) is 0 Å². The van der Waals surface area contributed by atoms with Crippen LogP contribution < -0.4 is 4.74 Å². The summed E-state index contributed by atoms with van der Waals surface area (Å²) in [6, 6.07) is 20.0. The SMILES string of the molecule is O=C1CCC(COc2ccccc2)CN1Cc1ccccc1. The number of nitrogens with zero attached hydrogens (tertiary/aromatic N) is 1. The van der Waals surface area contributed by atoms with Crippen LogP contribution in [0.5, 0.6) is 5.75 Å². The highest BCUT2D eigenvalue weighted by Crippen LogP contribution is 2.21. The Morgan fingerprint density at radius 3 is 2.41 bits per heavy atom. The van der Waals surface area contributed by atoms with Gasteiger partial charge in [-0.05, 0) is 24.1 Å². The predicted octanol–water partition coefficient (Wildman–Crippen LogP) is 3.50. The van der Waals surface area contributed by atoms with E-state index in [0.717, 1.165) is 18.7 Å². The van der Waals surface area contributed by atoms with Crippen LogP contribution in [0.15, 0.2) is 60.7 Å². The quantitative estimate of drug-likeness (QED) is 0.845. The first kappa shape index (κ1) is 14.6. The Bertz CT molecular complexity index is 597. The molecule has 1 atom stereocenters. The minimum absolute atomic E-state index is 0.250. The molecule has 0 bridgehead atoms. The molecule has 3 heteroatoms. The number of para-hydroxylation sites is 1. The lowest BCUT2D eigenvalue weighted by molar-refractivity contribution is -0.135. The van der Waals surface area contributed by atoms with Crippen molar-refractivity contribution in [3.63, 3.8) is 0 Å². The molecule has 0 saturated carbocycles. The zero-order valence-corrected chi connectivity index (χ0v) is 12.7. The third kappa shape index (κ3) is 3.88. The third-order valence-corrected chi connectivity index (χ3v) is 4.04. The smallest absolute Gasteiger partial charge is 0.222 e. The second-order valence-electron chi connectivity index (χ2n) is 5.79. The van der Waals surface area contributed by atoms with E-state index in [2.05, 4.69) is 12.1 Å². The van der Waals surface area contributed by atoms with E-state index in [0.29, 0.717) is 25.5 Å². The highest BCUT2D eigenvalue weighted by molar-refractivity contribution is 5.76. The summed E-state index contributed by atoms with van der Waals surface area (Å²) >= 11 is 0. The fourth-order valence-electron chi connectivity index (χ4n) is 2.81. The van der Waals surface area contributed by atoms with Crippen LogP contribution in [0, 0.1) is 5.92 Å². The number of piperidine rings is 1. The van der Waals surface area contributed by atoms with Crippen molar-refractivity contribution in [1.29, 1.82) is 0 Å². The molecule has 0 spiro atoms. The molecule has 114 valence electrons. The molecule has 0 aromatic heterocycles. The fourth-order valence-corrected chi connectivity index (χ4v) is 2.81. The van der Waals surface area contributed by atoms with Crippen LogP contribution in [0.1, 0.15) is 18.4 Å². The van der Waals surface area contributed by atoms with Gasteiger partial charge in [0.1, 0.15) is 5.75 Å². The molecule has 1 heterocycles. The largest absolute Gasteiger partial charge is 0.493 e. The van der Waals surface area contributed by atoms with Gasteiger partial charge in [-0.25, -0.2) is 0 Å². The summed E-state index contributed by atoms with van der Waals surface area (Å²) in [5.41, 5.74) is 1.18. The van der Waals surface area contributed by atoms with E-state index in [4.69, 9.17) is 4.74 Å². The molecule has 1 amide bonds. The molecule has 1 aliphatic rings. The molecule has 3 nitrogen and oxygen atoms in total. The molecule has 0 radical (unpaired) electrons. The van der Waals surface area contributed by atoms with E-state index < -0.39 is 0 Å². The summed E-state index contributed by atoms with van der Waals surface area (Å²) in [5, 5.41) is 0. The van der Waals surface area contributed by atoms with Gasteiger partial charge in [0.2, 0.25) is 5.91 Å². The number of carbonyl (C=O) groups excluding carboxylic acids is 1. The normalized spacial score (nSPS) is 18.3. The first-order valence-electron chi connectivity index (χ1n) is 7.81. The lowest BCUT2D eigenvalue weighted by Crippen LogP contribution is -2.41. The number of amides is 1. The van der Waals surface area contributed by atoms with Crippen molar-refractivity contribution in [1.82, 2.24) is 4.90 Å². The average Bonchev–Trinajstić information content (AvgIpc) is 2.57. The molecular weight excluding hydrogens is 274 g/mol. The van der Waals surface area contributed by atoms with Crippen LogP contribution in [-0.2, 0) is 11.3 Å². The third-order valence-electron chi connectivity index (χ3n) is 4.04. The summed E-state index contributed by atoms with van der Waals surface area (Å²) in [7, 11) is 0. The van der Waals surface area contributed by atoms with Gasteiger partial charge in [-0.2, -0.15) is 0 Å². The van der Waals surface area contributed by atoms with Crippen LogP contribution >= 0.6 is 0 Å². The van der Waals surface area contributed by atoms with E-state index in [1.165, 1.54) is 5.56 Å². The van der Waals surface area contributed by atoms with E-state index in [1.54, 1.807) is 0 Å². The van der Waals surface area contributed by atoms with Crippen molar-refractivity contribution < 1.29 is 9.53 Å². The van der Waals surface area contributed by atoms with E-state index in [9.17, 15) is 4.79 Å². The molecule has 0 aliphatic carbocycles. The Morgan fingerprint density at radius 1 is 1.00 bits per heavy atom. The Labute approximate surface area is 131 Å². The molecule has 0 N–H and O–H groups in total. The van der Waals surface area contributed by atoms with E-state index in [1.807, 2.05) is 53.4 Å². The highest BCUT2D eigenvalue weighted by Gasteiger charge is 2.26. The Kier molecular flexibility index (Phi) is 4.74. The van der Waals surface area contributed by atoms with Crippen molar-refractivity contribution in [3.8, 4) is 5.75 Å². The minimum atomic E-state index is 0.250. The maximum Gasteiger partial charge on any atom is 0.222 e. The Morgan fingerprint density at radius 2 is 1.68 bits per heavy atom. The first-order chi connectivity index (χ1) is 10.8. The lowest BCUT2D eigenvalue weighted by atomic mass is 9.98. The van der Waals surface area contributed by atoms with Gasteiger partial charge >= 0.3 is 0 Å². The van der Waals surface area contributed by atoms with Gasteiger partial charge in [0.05, 0.1) is 6.61 Å². The van der Waals surface area contributed by atoms with Gasteiger partial charge < -0.3 is 9.64 Å². The van der Waals surface area contributed by atoms with Gasteiger partial charge in [-0.1, -0.05) is 48.5 Å². The molecule has 22 heavy (non-hydrogen) atoms. The summed E-state index contributed by atoms with van der Waals surface area (Å²) < 4.78 is 5.84.